The van der Waals surface area contributed by atoms with Gasteiger partial charge in [-0.1, -0.05) is 11.6 Å². The van der Waals surface area contributed by atoms with Crippen molar-refractivity contribution in [1.82, 2.24) is 10.6 Å². The van der Waals surface area contributed by atoms with Crippen LogP contribution in [0.4, 0.5) is 4.79 Å². The van der Waals surface area contributed by atoms with Gasteiger partial charge in [-0.3, -0.25) is 9.59 Å². The minimum absolute atomic E-state index is 0.0159. The Kier molecular flexibility index (Phi) is 7.25. The minimum Gasteiger partial charge on any atom is -0.352 e. The quantitative estimate of drug-likeness (QED) is 0.478. The molecule has 0 heterocycles. The van der Waals surface area contributed by atoms with Crippen LogP contribution < -0.4 is 10.6 Å². The van der Waals surface area contributed by atoms with Gasteiger partial charge in [0, 0.05) is 28.9 Å². The lowest BCUT2D eigenvalue weighted by Gasteiger charge is -2.11. The zero-order valence-electron chi connectivity index (χ0n) is 11.8. The maximum Gasteiger partial charge on any atom is 0.284 e. The van der Waals surface area contributed by atoms with Crippen LogP contribution in [0.15, 0.2) is 23.1 Å². The Morgan fingerprint density at radius 3 is 2.71 bits per heavy atom. The highest BCUT2D eigenvalue weighted by atomic mass is 35.5. The fourth-order valence-corrected chi connectivity index (χ4v) is 2.54. The van der Waals surface area contributed by atoms with Crippen LogP contribution in [0.25, 0.3) is 0 Å². The fraction of sp³-hybridized carbons (Fsp3) is 0.357. The molecule has 0 spiro atoms. The van der Waals surface area contributed by atoms with E-state index in [1.807, 2.05) is 13.8 Å². The van der Waals surface area contributed by atoms with Gasteiger partial charge in [-0.15, -0.1) is 0 Å². The van der Waals surface area contributed by atoms with E-state index in [-0.39, 0.29) is 30.2 Å². The van der Waals surface area contributed by atoms with Crippen LogP contribution in [0.5, 0.6) is 0 Å². The lowest BCUT2D eigenvalue weighted by atomic mass is 10.2. The van der Waals surface area contributed by atoms with Gasteiger partial charge in [-0.25, -0.2) is 0 Å². The van der Waals surface area contributed by atoms with Crippen molar-refractivity contribution in [2.75, 3.05) is 6.54 Å². The largest absolute Gasteiger partial charge is 0.352 e. The van der Waals surface area contributed by atoms with Gasteiger partial charge >= 0.3 is 0 Å². The van der Waals surface area contributed by atoms with E-state index in [9.17, 15) is 14.4 Å². The summed E-state index contributed by atoms with van der Waals surface area (Å²) in [6.45, 7) is 3.96. The molecule has 0 unspecified atom stereocenters. The molecule has 0 saturated heterocycles. The highest BCUT2D eigenvalue weighted by Crippen LogP contribution is 2.26. The molecule has 0 fully saturated rings. The number of thioether (sulfide) groups is 1. The number of amides is 2. The molecule has 1 aromatic rings. The number of aldehydes is 1. The van der Waals surface area contributed by atoms with E-state index >= 15 is 0 Å². The van der Waals surface area contributed by atoms with Crippen molar-refractivity contribution in [2.24, 2.45) is 0 Å². The van der Waals surface area contributed by atoms with E-state index in [0.717, 1.165) is 18.0 Å². The highest BCUT2D eigenvalue weighted by molar-refractivity contribution is 8.13. The van der Waals surface area contributed by atoms with E-state index in [1.54, 1.807) is 12.1 Å². The summed E-state index contributed by atoms with van der Waals surface area (Å²) < 4.78 is 0. The van der Waals surface area contributed by atoms with Crippen molar-refractivity contribution < 1.29 is 14.4 Å². The molecule has 21 heavy (non-hydrogen) atoms. The number of benzene rings is 1. The predicted octanol–water partition coefficient (Wildman–Crippen LogP) is 2.87. The van der Waals surface area contributed by atoms with Crippen LogP contribution in [0.1, 0.15) is 30.6 Å². The highest BCUT2D eigenvalue weighted by Gasteiger charge is 2.15. The lowest BCUT2D eigenvalue weighted by Crippen LogP contribution is -2.27. The number of halogens is 1. The lowest BCUT2D eigenvalue weighted by molar-refractivity contribution is -0.107. The summed E-state index contributed by atoms with van der Waals surface area (Å²) in [6, 6.07) is 4.76. The Morgan fingerprint density at radius 2 is 2.10 bits per heavy atom. The Labute approximate surface area is 132 Å². The molecule has 2 N–H and O–H groups in total. The summed E-state index contributed by atoms with van der Waals surface area (Å²) in [5, 5.41) is 5.51. The number of carbonyl (C=O) groups is 3. The summed E-state index contributed by atoms with van der Waals surface area (Å²) in [6.07, 6.45) is 0.965. The van der Waals surface area contributed by atoms with Gasteiger partial charge in [0.1, 0.15) is 6.29 Å². The van der Waals surface area contributed by atoms with Gasteiger partial charge in [-0.05, 0) is 43.8 Å². The first-order valence-electron chi connectivity index (χ1n) is 6.43. The molecule has 0 bridgehead atoms. The average Bonchev–Trinajstić information content (AvgIpc) is 2.40. The summed E-state index contributed by atoms with van der Waals surface area (Å²) in [5.41, 5.74) is 0.317. The van der Waals surface area contributed by atoms with Gasteiger partial charge in [-0.2, -0.15) is 0 Å². The van der Waals surface area contributed by atoms with Gasteiger partial charge in [0.2, 0.25) is 0 Å². The monoisotopic (exact) mass is 328 g/mol. The van der Waals surface area contributed by atoms with Gasteiger partial charge in [0.05, 0.1) is 5.56 Å². The molecule has 5 nitrogen and oxygen atoms in total. The average molecular weight is 329 g/mol. The van der Waals surface area contributed by atoms with Crippen LogP contribution in [-0.2, 0) is 4.79 Å². The smallest absolute Gasteiger partial charge is 0.284 e. The standard InChI is InChI=1S/C14H17ClN2O3S/c1-9(2)17-14(20)21-12-5-4-10(15)8-11(12)13(19)16-6-3-7-18/h4-5,7-9H,3,6H2,1-2H3,(H,16,19)(H,17,20). The van der Waals surface area contributed by atoms with Gasteiger partial charge in [0.25, 0.3) is 11.1 Å². The molecular formula is C14H17ClN2O3S. The second-order valence-electron chi connectivity index (χ2n) is 4.54. The predicted molar refractivity (Wildman–Crippen MR) is 84.0 cm³/mol. The van der Waals surface area contributed by atoms with Gasteiger partial charge < -0.3 is 15.4 Å². The number of carbonyl (C=O) groups excluding carboxylic acids is 3. The van der Waals surface area contributed by atoms with Crippen molar-refractivity contribution in [3.8, 4) is 0 Å². The summed E-state index contributed by atoms with van der Waals surface area (Å²) >= 11 is 6.83. The Bertz CT molecular complexity index is 535. The molecule has 7 heteroatoms. The van der Waals surface area contributed by atoms with E-state index in [0.29, 0.717) is 15.5 Å². The van der Waals surface area contributed by atoms with Crippen molar-refractivity contribution >= 4 is 40.8 Å². The molecule has 0 aliphatic heterocycles. The molecule has 1 rings (SSSR count). The minimum atomic E-state index is -0.362. The topological polar surface area (TPSA) is 75.3 Å². The first-order valence-corrected chi connectivity index (χ1v) is 7.63. The SMILES string of the molecule is CC(C)NC(=O)Sc1ccc(Cl)cc1C(=O)NCCC=O. The maximum atomic E-state index is 12.1. The molecule has 114 valence electrons. The number of nitrogens with one attached hydrogen (secondary N) is 2. The molecule has 0 saturated carbocycles. The van der Waals surface area contributed by atoms with Crippen LogP contribution in [0, 0.1) is 0 Å². The number of hydrogen-bond acceptors (Lipinski definition) is 4. The summed E-state index contributed by atoms with van der Waals surface area (Å²) in [4.78, 5) is 34.6. The zero-order chi connectivity index (χ0) is 15.8. The second kappa shape index (κ2) is 8.69. The number of rotatable bonds is 6. The molecule has 1 aromatic carbocycles. The Hall–Kier alpha value is -1.53. The maximum absolute atomic E-state index is 12.1. The molecule has 0 aromatic heterocycles. The van der Waals surface area contributed by atoms with Crippen molar-refractivity contribution in [3.05, 3.63) is 28.8 Å². The Morgan fingerprint density at radius 1 is 1.38 bits per heavy atom. The van der Waals surface area contributed by atoms with Crippen LogP contribution in [0.3, 0.4) is 0 Å². The third-order valence-corrected chi connectivity index (χ3v) is 3.46. The van der Waals surface area contributed by atoms with Crippen molar-refractivity contribution in [2.45, 2.75) is 31.2 Å². The molecule has 2 amide bonds. The van der Waals surface area contributed by atoms with Crippen molar-refractivity contribution in [1.29, 1.82) is 0 Å². The van der Waals surface area contributed by atoms with E-state index in [4.69, 9.17) is 11.6 Å². The van der Waals surface area contributed by atoms with Crippen LogP contribution in [-0.4, -0.2) is 30.0 Å². The van der Waals surface area contributed by atoms with Crippen LogP contribution in [0.2, 0.25) is 5.02 Å². The third kappa shape index (κ3) is 6.18. The second-order valence-corrected chi connectivity index (χ2v) is 5.99. The molecule has 0 aliphatic carbocycles. The van der Waals surface area contributed by atoms with Crippen molar-refractivity contribution in [3.63, 3.8) is 0 Å². The molecule has 0 atom stereocenters. The normalized spacial score (nSPS) is 10.3. The Balaban J connectivity index is 2.86. The van der Waals surface area contributed by atoms with E-state index < -0.39 is 0 Å². The summed E-state index contributed by atoms with van der Waals surface area (Å²) in [5.74, 6) is -0.362. The van der Waals surface area contributed by atoms with Crippen LogP contribution >= 0.6 is 23.4 Å². The molecule has 0 radical (unpaired) electrons. The van der Waals surface area contributed by atoms with E-state index in [1.165, 1.54) is 6.07 Å². The third-order valence-electron chi connectivity index (χ3n) is 2.34. The first-order chi connectivity index (χ1) is 9.93. The summed E-state index contributed by atoms with van der Waals surface area (Å²) in [7, 11) is 0. The number of hydrogen-bond donors (Lipinski definition) is 2. The van der Waals surface area contributed by atoms with E-state index in [2.05, 4.69) is 10.6 Å². The molecular weight excluding hydrogens is 312 g/mol. The van der Waals surface area contributed by atoms with Gasteiger partial charge in [0.15, 0.2) is 0 Å². The fourth-order valence-electron chi connectivity index (χ4n) is 1.47. The zero-order valence-corrected chi connectivity index (χ0v) is 13.4. The first kappa shape index (κ1) is 17.5. The molecule has 0 aliphatic rings.